The highest BCUT2D eigenvalue weighted by Crippen LogP contribution is 2.22. The van der Waals surface area contributed by atoms with Gasteiger partial charge in [0.1, 0.15) is 5.82 Å². The molecule has 0 bridgehead atoms. The van der Waals surface area contributed by atoms with Crippen LogP contribution in [0.2, 0.25) is 0 Å². The molecule has 0 unspecified atom stereocenters. The van der Waals surface area contributed by atoms with Gasteiger partial charge in [0.15, 0.2) is 0 Å². The van der Waals surface area contributed by atoms with Crippen LogP contribution < -0.4 is 0 Å². The van der Waals surface area contributed by atoms with E-state index in [1.807, 2.05) is 13.0 Å². The molecule has 0 atom stereocenters. The zero-order valence-electron chi connectivity index (χ0n) is 11.6. The summed E-state index contributed by atoms with van der Waals surface area (Å²) in [6.45, 7) is 4.46. The molecule has 20 heavy (non-hydrogen) atoms. The Balaban J connectivity index is 1.86. The smallest absolute Gasteiger partial charge is 0.309 e. The SMILES string of the molecule is CCOC(=O)C1CCN(Cc2ccc(Br)cc2F)CC1. The summed E-state index contributed by atoms with van der Waals surface area (Å²) in [6, 6.07) is 5.14. The summed E-state index contributed by atoms with van der Waals surface area (Å²) in [6.07, 6.45) is 1.58. The highest BCUT2D eigenvalue weighted by Gasteiger charge is 2.26. The number of hydrogen-bond acceptors (Lipinski definition) is 3. The average Bonchev–Trinajstić information content (AvgIpc) is 2.43. The number of piperidine rings is 1. The molecule has 1 aliphatic rings. The Bertz CT molecular complexity index is 473. The minimum atomic E-state index is -0.188. The number of nitrogens with zero attached hydrogens (tertiary/aromatic N) is 1. The summed E-state index contributed by atoms with van der Waals surface area (Å²) in [4.78, 5) is 13.8. The first-order valence-corrected chi connectivity index (χ1v) is 7.72. The second-order valence-corrected chi connectivity index (χ2v) is 5.95. The Kier molecular flexibility index (Phi) is 5.54. The monoisotopic (exact) mass is 343 g/mol. The van der Waals surface area contributed by atoms with Gasteiger partial charge >= 0.3 is 5.97 Å². The van der Waals surface area contributed by atoms with Crippen molar-refractivity contribution in [3.05, 3.63) is 34.1 Å². The molecule has 0 saturated carbocycles. The summed E-state index contributed by atoms with van der Waals surface area (Å²) in [5.74, 6) is -0.283. The lowest BCUT2D eigenvalue weighted by molar-refractivity contribution is -0.149. The Hall–Kier alpha value is -0.940. The second-order valence-electron chi connectivity index (χ2n) is 5.04. The predicted octanol–water partition coefficient (Wildman–Crippen LogP) is 3.36. The Morgan fingerprint density at radius 1 is 1.45 bits per heavy atom. The van der Waals surface area contributed by atoms with Crippen LogP contribution in [0.1, 0.15) is 25.3 Å². The molecule has 3 nitrogen and oxygen atoms in total. The first-order valence-electron chi connectivity index (χ1n) is 6.93. The van der Waals surface area contributed by atoms with Gasteiger partial charge < -0.3 is 4.74 Å². The van der Waals surface area contributed by atoms with Crippen LogP contribution in [0.3, 0.4) is 0 Å². The van der Waals surface area contributed by atoms with E-state index in [0.717, 1.165) is 30.4 Å². The van der Waals surface area contributed by atoms with Crippen LogP contribution in [0, 0.1) is 11.7 Å². The molecular formula is C15H19BrFNO2. The largest absolute Gasteiger partial charge is 0.466 e. The molecule has 0 aromatic heterocycles. The molecule has 1 aliphatic heterocycles. The number of carbonyl (C=O) groups is 1. The number of carbonyl (C=O) groups excluding carboxylic acids is 1. The van der Waals surface area contributed by atoms with Gasteiger partial charge in [-0.05, 0) is 45.0 Å². The van der Waals surface area contributed by atoms with Gasteiger partial charge in [0.05, 0.1) is 12.5 Å². The van der Waals surface area contributed by atoms with Gasteiger partial charge in [-0.25, -0.2) is 4.39 Å². The highest BCUT2D eigenvalue weighted by molar-refractivity contribution is 9.10. The highest BCUT2D eigenvalue weighted by atomic mass is 79.9. The van der Waals surface area contributed by atoms with Crippen LogP contribution in [0.25, 0.3) is 0 Å². The minimum Gasteiger partial charge on any atom is -0.466 e. The number of halogens is 2. The number of likely N-dealkylation sites (tertiary alicyclic amines) is 1. The molecule has 5 heteroatoms. The van der Waals surface area contributed by atoms with Gasteiger partial charge in [-0.3, -0.25) is 9.69 Å². The molecule has 0 amide bonds. The van der Waals surface area contributed by atoms with E-state index in [-0.39, 0.29) is 17.7 Å². The zero-order valence-corrected chi connectivity index (χ0v) is 13.2. The first kappa shape index (κ1) is 15.4. The van der Waals surface area contributed by atoms with E-state index in [1.165, 1.54) is 6.07 Å². The number of rotatable bonds is 4. The topological polar surface area (TPSA) is 29.5 Å². The maximum Gasteiger partial charge on any atom is 0.309 e. The fraction of sp³-hybridized carbons (Fsp3) is 0.533. The zero-order chi connectivity index (χ0) is 14.5. The lowest BCUT2D eigenvalue weighted by Crippen LogP contribution is -2.36. The fourth-order valence-electron chi connectivity index (χ4n) is 2.48. The molecule has 1 heterocycles. The normalized spacial score (nSPS) is 17.1. The summed E-state index contributed by atoms with van der Waals surface area (Å²) in [7, 11) is 0. The first-order chi connectivity index (χ1) is 9.60. The Morgan fingerprint density at radius 3 is 2.75 bits per heavy atom. The molecule has 2 rings (SSSR count). The van der Waals surface area contributed by atoms with Gasteiger partial charge in [-0.2, -0.15) is 0 Å². The quantitative estimate of drug-likeness (QED) is 0.785. The van der Waals surface area contributed by atoms with E-state index in [2.05, 4.69) is 20.8 Å². The van der Waals surface area contributed by atoms with Gasteiger partial charge in [-0.1, -0.05) is 22.0 Å². The van der Waals surface area contributed by atoms with Crippen molar-refractivity contribution < 1.29 is 13.9 Å². The molecule has 0 spiro atoms. The third-order valence-corrected chi connectivity index (χ3v) is 4.11. The summed E-state index contributed by atoms with van der Waals surface area (Å²) >= 11 is 3.25. The van der Waals surface area contributed by atoms with E-state index in [0.29, 0.717) is 18.7 Å². The van der Waals surface area contributed by atoms with Crippen molar-refractivity contribution in [1.29, 1.82) is 0 Å². The van der Waals surface area contributed by atoms with Gasteiger partial charge in [0.2, 0.25) is 0 Å². The van der Waals surface area contributed by atoms with Gasteiger partial charge in [0.25, 0.3) is 0 Å². The molecular weight excluding hydrogens is 325 g/mol. The minimum absolute atomic E-state index is 0.000893. The molecule has 1 saturated heterocycles. The second kappa shape index (κ2) is 7.18. The van der Waals surface area contributed by atoms with Crippen molar-refractivity contribution in [2.24, 2.45) is 5.92 Å². The van der Waals surface area contributed by atoms with Gasteiger partial charge in [-0.15, -0.1) is 0 Å². The Labute approximate surface area is 127 Å². The molecule has 0 N–H and O–H groups in total. The van der Waals surface area contributed by atoms with Crippen molar-refractivity contribution in [2.45, 2.75) is 26.3 Å². The molecule has 110 valence electrons. The lowest BCUT2D eigenvalue weighted by atomic mass is 9.96. The van der Waals surface area contributed by atoms with Crippen LogP contribution in [0.4, 0.5) is 4.39 Å². The maximum absolute atomic E-state index is 13.8. The van der Waals surface area contributed by atoms with Crippen molar-refractivity contribution >= 4 is 21.9 Å². The third kappa shape index (κ3) is 4.03. The van der Waals surface area contributed by atoms with Crippen molar-refractivity contribution in [2.75, 3.05) is 19.7 Å². The number of benzene rings is 1. The third-order valence-electron chi connectivity index (χ3n) is 3.62. The predicted molar refractivity (Wildman–Crippen MR) is 78.7 cm³/mol. The average molecular weight is 344 g/mol. The fourth-order valence-corrected chi connectivity index (χ4v) is 2.81. The van der Waals surface area contributed by atoms with Crippen LogP contribution in [-0.2, 0) is 16.1 Å². The molecule has 0 radical (unpaired) electrons. The van der Waals surface area contributed by atoms with E-state index in [4.69, 9.17) is 4.74 Å². The van der Waals surface area contributed by atoms with E-state index >= 15 is 0 Å². The standard InChI is InChI=1S/C15H19BrFNO2/c1-2-20-15(19)11-5-7-18(8-6-11)10-12-3-4-13(16)9-14(12)17/h3-4,9,11H,2,5-8,10H2,1H3. The van der Waals surface area contributed by atoms with E-state index in [9.17, 15) is 9.18 Å². The van der Waals surface area contributed by atoms with Crippen molar-refractivity contribution in [1.82, 2.24) is 4.90 Å². The van der Waals surface area contributed by atoms with Crippen LogP contribution in [0.15, 0.2) is 22.7 Å². The summed E-state index contributed by atoms with van der Waals surface area (Å²) in [5.41, 5.74) is 0.697. The number of esters is 1. The van der Waals surface area contributed by atoms with Crippen LogP contribution in [-0.4, -0.2) is 30.6 Å². The summed E-state index contributed by atoms with van der Waals surface area (Å²) in [5, 5.41) is 0. The molecule has 1 fully saturated rings. The van der Waals surface area contributed by atoms with E-state index < -0.39 is 0 Å². The van der Waals surface area contributed by atoms with Gasteiger partial charge in [0, 0.05) is 16.6 Å². The molecule has 1 aromatic carbocycles. The van der Waals surface area contributed by atoms with Crippen molar-refractivity contribution in [3.8, 4) is 0 Å². The van der Waals surface area contributed by atoms with Crippen LogP contribution in [0.5, 0.6) is 0 Å². The summed E-state index contributed by atoms with van der Waals surface area (Å²) < 4.78 is 19.6. The Morgan fingerprint density at radius 2 is 2.15 bits per heavy atom. The van der Waals surface area contributed by atoms with E-state index in [1.54, 1.807) is 6.07 Å². The molecule has 0 aliphatic carbocycles. The maximum atomic E-state index is 13.8. The number of ether oxygens (including phenoxy) is 1. The van der Waals surface area contributed by atoms with Crippen molar-refractivity contribution in [3.63, 3.8) is 0 Å². The number of hydrogen-bond donors (Lipinski definition) is 0. The lowest BCUT2D eigenvalue weighted by Gasteiger charge is -2.30. The molecule has 1 aromatic rings. The van der Waals surface area contributed by atoms with Crippen LogP contribution >= 0.6 is 15.9 Å².